The highest BCUT2D eigenvalue weighted by Gasteiger charge is 2.11. The van der Waals surface area contributed by atoms with Gasteiger partial charge in [-0.3, -0.25) is 4.79 Å². The highest BCUT2D eigenvalue weighted by atomic mass is 32.1. The Morgan fingerprint density at radius 3 is 2.48 bits per heavy atom. The first-order valence-electron chi connectivity index (χ1n) is 8.17. The predicted octanol–water partition coefficient (Wildman–Crippen LogP) is 5.50. The monoisotopic (exact) mass is 351 g/mol. The van der Waals surface area contributed by atoms with Gasteiger partial charge in [0.05, 0.1) is 4.88 Å². The first-order valence-corrected chi connectivity index (χ1v) is 9.05. The number of carbonyl (C=O) groups excluding carboxylic acids is 1. The highest BCUT2D eigenvalue weighted by molar-refractivity contribution is 7.12. The van der Waals surface area contributed by atoms with Crippen LogP contribution in [0.5, 0.6) is 5.75 Å². The molecular formula is C21H21NO2S. The van der Waals surface area contributed by atoms with Gasteiger partial charge in [-0.05, 0) is 67.1 Å². The van der Waals surface area contributed by atoms with E-state index in [-0.39, 0.29) is 5.91 Å². The lowest BCUT2D eigenvalue weighted by Crippen LogP contribution is -2.10. The van der Waals surface area contributed by atoms with Crippen LogP contribution in [0.1, 0.15) is 31.9 Å². The van der Waals surface area contributed by atoms with E-state index in [1.807, 2.05) is 68.6 Å². The zero-order valence-electron chi connectivity index (χ0n) is 14.6. The third kappa shape index (κ3) is 4.48. The summed E-state index contributed by atoms with van der Waals surface area (Å²) in [5, 5.41) is 4.93. The number of hydrogen-bond acceptors (Lipinski definition) is 3. The topological polar surface area (TPSA) is 38.3 Å². The van der Waals surface area contributed by atoms with Gasteiger partial charge >= 0.3 is 0 Å². The molecule has 4 heteroatoms. The van der Waals surface area contributed by atoms with E-state index in [0.717, 1.165) is 33.7 Å². The summed E-state index contributed by atoms with van der Waals surface area (Å²) >= 11 is 1.43. The number of anilines is 1. The third-order valence-electron chi connectivity index (χ3n) is 3.85. The molecule has 0 bridgehead atoms. The Hall–Kier alpha value is -2.59. The Balaban J connectivity index is 1.64. The molecule has 2 aromatic carbocycles. The van der Waals surface area contributed by atoms with Crippen LogP contribution in [0.15, 0.2) is 53.9 Å². The molecule has 0 saturated heterocycles. The van der Waals surface area contributed by atoms with Gasteiger partial charge in [0.25, 0.3) is 5.91 Å². The number of benzene rings is 2. The van der Waals surface area contributed by atoms with Gasteiger partial charge in [0.2, 0.25) is 0 Å². The molecule has 3 rings (SSSR count). The van der Waals surface area contributed by atoms with Gasteiger partial charge in [-0.2, -0.15) is 0 Å². The van der Waals surface area contributed by atoms with Gasteiger partial charge in [0.15, 0.2) is 0 Å². The molecule has 3 aromatic rings. The van der Waals surface area contributed by atoms with Crippen molar-refractivity contribution in [3.63, 3.8) is 0 Å². The Kier molecular flexibility index (Phi) is 5.19. The molecule has 128 valence electrons. The molecule has 0 saturated carbocycles. The molecule has 1 heterocycles. The summed E-state index contributed by atoms with van der Waals surface area (Å²) in [5.41, 5.74) is 5.19. The zero-order chi connectivity index (χ0) is 17.8. The van der Waals surface area contributed by atoms with E-state index in [1.54, 1.807) is 0 Å². The van der Waals surface area contributed by atoms with Crippen LogP contribution in [0.25, 0.3) is 0 Å². The largest absolute Gasteiger partial charge is 0.489 e. The molecule has 0 unspecified atom stereocenters. The van der Waals surface area contributed by atoms with E-state index >= 15 is 0 Å². The first kappa shape index (κ1) is 17.2. The number of rotatable bonds is 5. The van der Waals surface area contributed by atoms with Crippen molar-refractivity contribution in [2.45, 2.75) is 27.4 Å². The second kappa shape index (κ2) is 7.53. The first-order chi connectivity index (χ1) is 12.0. The molecule has 1 aromatic heterocycles. The smallest absolute Gasteiger partial charge is 0.265 e. The molecule has 1 N–H and O–H groups in total. The van der Waals surface area contributed by atoms with Crippen molar-refractivity contribution in [2.24, 2.45) is 0 Å². The van der Waals surface area contributed by atoms with Crippen molar-refractivity contribution < 1.29 is 9.53 Å². The van der Waals surface area contributed by atoms with E-state index in [9.17, 15) is 4.79 Å². The van der Waals surface area contributed by atoms with Crippen molar-refractivity contribution in [1.29, 1.82) is 0 Å². The van der Waals surface area contributed by atoms with Crippen molar-refractivity contribution in [3.8, 4) is 5.75 Å². The lowest BCUT2D eigenvalue weighted by Gasteiger charge is -2.07. The third-order valence-corrected chi connectivity index (χ3v) is 4.82. The van der Waals surface area contributed by atoms with Gasteiger partial charge in [-0.1, -0.05) is 24.3 Å². The minimum atomic E-state index is -0.0860. The number of amides is 1. The Labute approximate surface area is 152 Å². The molecule has 0 fully saturated rings. The number of carbonyl (C=O) groups is 1. The summed E-state index contributed by atoms with van der Waals surface area (Å²) in [4.78, 5) is 13.1. The fourth-order valence-electron chi connectivity index (χ4n) is 2.69. The minimum absolute atomic E-state index is 0.0860. The van der Waals surface area contributed by atoms with Gasteiger partial charge < -0.3 is 10.1 Å². The second-order valence-corrected chi connectivity index (χ2v) is 7.12. The van der Waals surface area contributed by atoms with E-state index in [2.05, 4.69) is 11.4 Å². The SMILES string of the molecule is Cc1cc(C)cc(NC(=O)c2cc(COc3ccccc3C)cs2)c1. The lowest BCUT2D eigenvalue weighted by atomic mass is 10.1. The van der Waals surface area contributed by atoms with Crippen LogP contribution < -0.4 is 10.1 Å². The van der Waals surface area contributed by atoms with Crippen LogP contribution >= 0.6 is 11.3 Å². The van der Waals surface area contributed by atoms with Gasteiger partial charge in [-0.15, -0.1) is 11.3 Å². The van der Waals surface area contributed by atoms with E-state index in [4.69, 9.17) is 4.74 Å². The number of thiophene rings is 1. The Morgan fingerprint density at radius 1 is 1.04 bits per heavy atom. The lowest BCUT2D eigenvalue weighted by molar-refractivity contribution is 0.103. The van der Waals surface area contributed by atoms with Gasteiger partial charge in [-0.25, -0.2) is 0 Å². The summed E-state index contributed by atoms with van der Waals surface area (Å²) in [6, 6.07) is 15.8. The molecule has 3 nitrogen and oxygen atoms in total. The number of aryl methyl sites for hydroxylation is 3. The summed E-state index contributed by atoms with van der Waals surface area (Å²) in [6.07, 6.45) is 0. The normalized spacial score (nSPS) is 10.5. The number of nitrogens with one attached hydrogen (secondary N) is 1. The Morgan fingerprint density at radius 2 is 1.76 bits per heavy atom. The van der Waals surface area contributed by atoms with Crippen molar-refractivity contribution in [1.82, 2.24) is 0 Å². The van der Waals surface area contributed by atoms with E-state index < -0.39 is 0 Å². The van der Waals surface area contributed by atoms with Crippen molar-refractivity contribution >= 4 is 22.9 Å². The van der Waals surface area contributed by atoms with Crippen molar-refractivity contribution in [3.05, 3.63) is 81.0 Å². The number of hydrogen-bond donors (Lipinski definition) is 1. The fraction of sp³-hybridized carbons (Fsp3) is 0.190. The van der Waals surface area contributed by atoms with Crippen LogP contribution in [-0.4, -0.2) is 5.91 Å². The maximum atomic E-state index is 12.4. The van der Waals surface area contributed by atoms with Crippen LogP contribution in [0.2, 0.25) is 0 Å². The van der Waals surface area contributed by atoms with Gasteiger partial charge in [0.1, 0.15) is 12.4 Å². The summed E-state index contributed by atoms with van der Waals surface area (Å²) < 4.78 is 5.84. The van der Waals surface area contributed by atoms with E-state index in [1.165, 1.54) is 11.3 Å². The molecule has 0 atom stereocenters. The Bertz CT molecular complexity index is 878. The highest BCUT2D eigenvalue weighted by Crippen LogP contribution is 2.22. The maximum absolute atomic E-state index is 12.4. The molecule has 0 aliphatic carbocycles. The van der Waals surface area contributed by atoms with E-state index in [0.29, 0.717) is 11.5 Å². The molecule has 0 radical (unpaired) electrons. The molecule has 1 amide bonds. The molecular weight excluding hydrogens is 330 g/mol. The standard InChI is InChI=1S/C21H21NO2S/c1-14-8-15(2)10-18(9-14)22-21(23)20-11-17(13-25-20)12-24-19-7-5-4-6-16(19)3/h4-11,13H,12H2,1-3H3,(H,22,23). The average molecular weight is 351 g/mol. The fourth-order valence-corrected chi connectivity index (χ4v) is 3.48. The maximum Gasteiger partial charge on any atom is 0.265 e. The summed E-state index contributed by atoms with van der Waals surface area (Å²) in [6.45, 7) is 6.52. The quantitative estimate of drug-likeness (QED) is 0.659. The number of para-hydroxylation sites is 1. The summed E-state index contributed by atoms with van der Waals surface area (Å²) in [5.74, 6) is 0.784. The van der Waals surface area contributed by atoms with Crippen LogP contribution in [0.3, 0.4) is 0 Å². The predicted molar refractivity (Wildman–Crippen MR) is 104 cm³/mol. The summed E-state index contributed by atoms with van der Waals surface area (Å²) in [7, 11) is 0. The van der Waals surface area contributed by atoms with Crippen LogP contribution in [0.4, 0.5) is 5.69 Å². The van der Waals surface area contributed by atoms with Crippen LogP contribution in [0, 0.1) is 20.8 Å². The molecule has 0 aliphatic rings. The second-order valence-electron chi connectivity index (χ2n) is 6.20. The molecule has 0 spiro atoms. The molecule has 25 heavy (non-hydrogen) atoms. The number of ether oxygens (including phenoxy) is 1. The van der Waals surface area contributed by atoms with Crippen molar-refractivity contribution in [2.75, 3.05) is 5.32 Å². The van der Waals surface area contributed by atoms with Crippen LogP contribution in [-0.2, 0) is 6.61 Å². The average Bonchev–Trinajstić information content (AvgIpc) is 3.02. The minimum Gasteiger partial charge on any atom is -0.489 e. The zero-order valence-corrected chi connectivity index (χ0v) is 15.4. The molecule has 0 aliphatic heterocycles. The van der Waals surface area contributed by atoms with Gasteiger partial charge in [0, 0.05) is 11.3 Å².